The molecule has 3 fully saturated rings. The third-order valence-electron chi connectivity index (χ3n) is 8.70. The van der Waals surface area contributed by atoms with Gasteiger partial charge in [0, 0.05) is 58.1 Å². The lowest BCUT2D eigenvalue weighted by Gasteiger charge is -2.38. The van der Waals surface area contributed by atoms with Crippen LogP contribution in [0.4, 0.5) is 5.69 Å². The number of anilines is 1. The molecule has 1 atom stereocenters. The first-order valence-electron chi connectivity index (χ1n) is 14.8. The molecule has 5 heterocycles. The van der Waals surface area contributed by atoms with Crippen molar-refractivity contribution in [2.75, 3.05) is 24.6 Å². The third-order valence-corrected chi connectivity index (χ3v) is 8.70. The van der Waals surface area contributed by atoms with E-state index in [1.807, 2.05) is 24.3 Å². The number of piperidine rings is 2. The van der Waals surface area contributed by atoms with Gasteiger partial charge in [0.15, 0.2) is 0 Å². The van der Waals surface area contributed by atoms with Crippen LogP contribution in [0.1, 0.15) is 68.4 Å². The van der Waals surface area contributed by atoms with Crippen molar-refractivity contribution in [3.05, 3.63) is 71.0 Å². The third kappa shape index (κ3) is 4.32. The maximum atomic E-state index is 13.4. The van der Waals surface area contributed by atoms with Gasteiger partial charge in [-0.15, -0.1) is 0 Å². The van der Waals surface area contributed by atoms with Crippen molar-refractivity contribution in [2.45, 2.75) is 63.1 Å². The van der Waals surface area contributed by atoms with Gasteiger partial charge >= 0.3 is 0 Å². The summed E-state index contributed by atoms with van der Waals surface area (Å²) >= 11 is 0. The molecule has 8 nitrogen and oxygen atoms in total. The van der Waals surface area contributed by atoms with E-state index < -0.39 is 18.3 Å². The Labute approximate surface area is 230 Å². The van der Waals surface area contributed by atoms with Gasteiger partial charge in [0.25, 0.3) is 5.91 Å². The van der Waals surface area contributed by atoms with Gasteiger partial charge in [-0.05, 0) is 49.3 Å². The summed E-state index contributed by atoms with van der Waals surface area (Å²) in [5, 5.41) is 3.44. The van der Waals surface area contributed by atoms with Crippen molar-refractivity contribution >= 4 is 34.2 Å². The number of hydrogen-bond acceptors (Lipinski definition) is 6. The molecule has 0 saturated carbocycles. The smallest absolute Gasteiger partial charge is 0.259 e. The summed E-state index contributed by atoms with van der Waals surface area (Å²) in [4.78, 5) is 46.1. The summed E-state index contributed by atoms with van der Waals surface area (Å²) in [7, 11) is 0. The molecule has 200 valence electrons. The quantitative estimate of drug-likeness (QED) is 0.510. The molecule has 3 amide bonds. The van der Waals surface area contributed by atoms with Crippen LogP contribution in [-0.4, -0.2) is 58.9 Å². The van der Waals surface area contributed by atoms with Gasteiger partial charge in [-0.25, -0.2) is 0 Å². The Hall–Kier alpha value is -3.62. The first kappa shape index (κ1) is 22.2. The van der Waals surface area contributed by atoms with E-state index in [2.05, 4.69) is 15.2 Å². The molecule has 7 rings (SSSR count). The van der Waals surface area contributed by atoms with Crippen molar-refractivity contribution < 1.29 is 21.9 Å². The molecule has 4 aliphatic heterocycles. The predicted molar refractivity (Wildman–Crippen MR) is 146 cm³/mol. The number of nitrogens with one attached hydrogen (secondary N) is 1. The van der Waals surface area contributed by atoms with Crippen molar-refractivity contribution in [1.29, 1.82) is 0 Å². The van der Waals surface area contributed by atoms with E-state index in [0.29, 0.717) is 27.6 Å². The highest BCUT2D eigenvalue weighted by molar-refractivity contribution is 6.27. The summed E-state index contributed by atoms with van der Waals surface area (Å²) in [6.45, 7) is 3.70. The number of amides is 3. The summed E-state index contributed by atoms with van der Waals surface area (Å²) in [6.07, 6.45) is 4.40. The second kappa shape index (κ2) is 9.54. The topological polar surface area (TPSA) is 91.8 Å². The normalized spacial score (nSPS) is 23.8. The van der Waals surface area contributed by atoms with E-state index in [1.54, 1.807) is 18.2 Å². The maximum Gasteiger partial charge on any atom is 0.259 e. The van der Waals surface area contributed by atoms with Crippen LogP contribution in [0.3, 0.4) is 0 Å². The average molecular weight is 527 g/mol. The van der Waals surface area contributed by atoms with Crippen LogP contribution in [0.5, 0.6) is 0 Å². The lowest BCUT2D eigenvalue weighted by molar-refractivity contribution is -0.134. The number of rotatable bonds is 5. The second-order valence-electron chi connectivity index (χ2n) is 11.1. The average Bonchev–Trinajstić information content (AvgIpc) is 3.54. The van der Waals surface area contributed by atoms with Crippen LogP contribution >= 0.6 is 0 Å². The highest BCUT2D eigenvalue weighted by Crippen LogP contribution is 2.40. The highest BCUT2D eigenvalue weighted by Gasteiger charge is 2.41. The van der Waals surface area contributed by atoms with Gasteiger partial charge in [0.1, 0.15) is 6.04 Å². The Morgan fingerprint density at radius 1 is 1.05 bits per heavy atom. The largest absolute Gasteiger partial charge is 0.375 e. The number of hydrogen-bond donors (Lipinski definition) is 1. The Bertz CT molecular complexity index is 1560. The lowest BCUT2D eigenvalue weighted by Crippen LogP contribution is -2.53. The van der Waals surface area contributed by atoms with Crippen LogP contribution < -0.4 is 10.2 Å². The van der Waals surface area contributed by atoms with Crippen molar-refractivity contribution in [2.24, 2.45) is 0 Å². The molecule has 3 aromatic rings. The fourth-order valence-corrected chi connectivity index (χ4v) is 6.58. The Morgan fingerprint density at radius 2 is 1.85 bits per heavy atom. The first-order chi connectivity index (χ1) is 19.8. The van der Waals surface area contributed by atoms with E-state index in [1.165, 1.54) is 17.5 Å². The molecule has 1 spiro atoms. The minimum absolute atomic E-state index is 0.0898. The molecule has 2 aromatic carbocycles. The zero-order valence-corrected chi connectivity index (χ0v) is 21.7. The standard InChI is InChI=1S/C31H32N4O4/c36-27-10-9-25(29(37)33-27)35-26-18-32-24(22-3-1-4-23(28(22)26)30(35)38)17-20-5-7-21(8-6-20)19-34-14-12-31(13-15-34)11-2-16-39-31/h1,3-8,18,25H,2,9-17,19H2,(H,33,36,37)/i17D2. The number of aromatic nitrogens is 1. The molecule has 8 heteroatoms. The maximum absolute atomic E-state index is 13.4. The monoisotopic (exact) mass is 526 g/mol. The van der Waals surface area contributed by atoms with Crippen LogP contribution in [0, 0.1) is 0 Å². The molecule has 0 radical (unpaired) electrons. The Kier molecular flexibility index (Phi) is 5.43. The molecule has 4 aliphatic rings. The molecular formula is C31H32N4O4. The minimum atomic E-state index is -1.92. The number of likely N-dealkylation sites (tertiary alicyclic amines) is 1. The van der Waals surface area contributed by atoms with Gasteiger partial charge in [-0.3, -0.25) is 34.5 Å². The lowest BCUT2D eigenvalue weighted by atomic mass is 9.88. The van der Waals surface area contributed by atoms with Gasteiger partial charge in [0.05, 0.1) is 23.2 Å². The summed E-state index contributed by atoms with van der Waals surface area (Å²) < 4.78 is 24.2. The summed E-state index contributed by atoms with van der Waals surface area (Å²) in [6, 6.07) is 12.0. The zero-order valence-electron chi connectivity index (χ0n) is 23.7. The molecule has 0 bridgehead atoms. The molecule has 3 saturated heterocycles. The highest BCUT2D eigenvalue weighted by atomic mass is 16.5. The van der Waals surface area contributed by atoms with Gasteiger partial charge in [0.2, 0.25) is 11.8 Å². The molecule has 1 unspecified atom stereocenters. The second-order valence-corrected chi connectivity index (χ2v) is 11.1. The first-order valence-corrected chi connectivity index (χ1v) is 13.8. The van der Waals surface area contributed by atoms with Crippen LogP contribution in [0.25, 0.3) is 10.8 Å². The number of imide groups is 1. The molecule has 39 heavy (non-hydrogen) atoms. The fraction of sp³-hybridized carbons (Fsp3) is 0.419. The number of nitrogens with zero attached hydrogens (tertiary/aromatic N) is 3. The van der Waals surface area contributed by atoms with E-state index in [0.717, 1.165) is 51.1 Å². The van der Waals surface area contributed by atoms with E-state index >= 15 is 0 Å². The zero-order chi connectivity index (χ0) is 28.4. The SMILES string of the molecule is [2H]C([2H])(c1ccc(CN2CCC3(CCCO3)CC2)cc1)c1ncc2c3c(cccc13)C(=O)N2C1CCC(=O)NC1=O. The summed E-state index contributed by atoms with van der Waals surface area (Å²) in [5.41, 5.74) is 2.80. The van der Waals surface area contributed by atoms with Crippen LogP contribution in [0.15, 0.2) is 48.7 Å². The van der Waals surface area contributed by atoms with Gasteiger partial charge in [-0.2, -0.15) is 0 Å². The molecule has 1 aromatic heterocycles. The van der Waals surface area contributed by atoms with Gasteiger partial charge in [-0.1, -0.05) is 36.4 Å². The van der Waals surface area contributed by atoms with Crippen LogP contribution in [-0.2, 0) is 27.2 Å². The van der Waals surface area contributed by atoms with Crippen molar-refractivity contribution in [3.8, 4) is 0 Å². The number of carbonyl (C=O) groups is 3. The van der Waals surface area contributed by atoms with Crippen molar-refractivity contribution in [3.63, 3.8) is 0 Å². The Morgan fingerprint density at radius 3 is 2.59 bits per heavy atom. The van der Waals surface area contributed by atoms with Crippen LogP contribution in [0.2, 0.25) is 0 Å². The number of benzene rings is 2. The van der Waals surface area contributed by atoms with E-state index in [-0.39, 0.29) is 36.0 Å². The van der Waals surface area contributed by atoms with E-state index in [4.69, 9.17) is 7.48 Å². The molecule has 1 N–H and O–H groups in total. The fourth-order valence-electron chi connectivity index (χ4n) is 6.58. The van der Waals surface area contributed by atoms with Gasteiger partial charge < -0.3 is 4.74 Å². The van der Waals surface area contributed by atoms with E-state index in [9.17, 15) is 14.4 Å². The van der Waals surface area contributed by atoms with Crippen molar-refractivity contribution in [1.82, 2.24) is 15.2 Å². The summed E-state index contributed by atoms with van der Waals surface area (Å²) in [5.74, 6) is -1.20. The molecular weight excluding hydrogens is 492 g/mol. The Balaban J connectivity index is 1.14. The number of pyridine rings is 1. The number of carbonyl (C=O) groups excluding carboxylic acids is 3. The number of ether oxygens (including phenoxy) is 1. The minimum Gasteiger partial charge on any atom is -0.375 e. The predicted octanol–water partition coefficient (Wildman–Crippen LogP) is 3.74. The molecule has 0 aliphatic carbocycles.